The van der Waals surface area contributed by atoms with E-state index in [9.17, 15) is 9.90 Å². The van der Waals surface area contributed by atoms with Gasteiger partial charge in [0.2, 0.25) is 0 Å². The first-order chi connectivity index (χ1) is 6.74. The number of rotatable bonds is 1. The maximum absolute atomic E-state index is 11.7. The summed E-state index contributed by atoms with van der Waals surface area (Å²) in [4.78, 5) is 11.7. The number of aromatic nitrogens is 2. The van der Waals surface area contributed by atoms with E-state index in [4.69, 9.17) is 0 Å². The van der Waals surface area contributed by atoms with Crippen LogP contribution in [-0.4, -0.2) is 14.9 Å². The number of benzene rings is 1. The summed E-state index contributed by atoms with van der Waals surface area (Å²) in [5, 5.41) is 14.4. The van der Waals surface area contributed by atoms with Gasteiger partial charge >= 0.3 is 0 Å². The molecule has 4 nitrogen and oxygen atoms in total. The molecule has 0 fully saturated rings. The van der Waals surface area contributed by atoms with E-state index in [0.29, 0.717) is 17.3 Å². The number of phenolic OH excluding ortho intramolecular Hbond substituents is 1. The van der Waals surface area contributed by atoms with Crippen molar-refractivity contribution in [1.29, 1.82) is 0 Å². The summed E-state index contributed by atoms with van der Waals surface area (Å²) in [5.41, 5.74) is -0.166. The third-order valence-electron chi connectivity index (χ3n) is 2.17. The fourth-order valence-electron chi connectivity index (χ4n) is 1.42. The van der Waals surface area contributed by atoms with Gasteiger partial charge in [-0.05, 0) is 19.1 Å². The molecule has 1 heterocycles. The first kappa shape index (κ1) is 8.74. The Morgan fingerprint density at radius 2 is 2.21 bits per heavy atom. The Bertz CT molecular complexity index is 531. The summed E-state index contributed by atoms with van der Waals surface area (Å²) in [6, 6.07) is 4.88. The van der Waals surface area contributed by atoms with Crippen LogP contribution in [0.15, 0.2) is 29.2 Å². The van der Waals surface area contributed by atoms with Crippen LogP contribution in [0.25, 0.3) is 10.8 Å². The monoisotopic (exact) mass is 190 g/mol. The van der Waals surface area contributed by atoms with Crippen LogP contribution >= 0.6 is 0 Å². The molecule has 0 aliphatic heterocycles. The van der Waals surface area contributed by atoms with E-state index in [1.165, 1.54) is 10.9 Å². The minimum atomic E-state index is -0.166. The largest absolute Gasteiger partial charge is 0.507 e. The zero-order chi connectivity index (χ0) is 10.1. The van der Waals surface area contributed by atoms with Gasteiger partial charge in [0.1, 0.15) is 5.75 Å². The summed E-state index contributed by atoms with van der Waals surface area (Å²) in [7, 11) is 0. The molecule has 1 N–H and O–H groups in total. The third kappa shape index (κ3) is 1.16. The maximum atomic E-state index is 11.7. The number of aromatic hydroxyl groups is 1. The molecule has 4 heteroatoms. The fraction of sp³-hybridized carbons (Fsp3) is 0.200. The number of fused-ring (bicyclic) bond motifs is 1. The van der Waals surface area contributed by atoms with Crippen LogP contribution in [0.2, 0.25) is 0 Å². The van der Waals surface area contributed by atoms with Crippen molar-refractivity contribution < 1.29 is 5.11 Å². The van der Waals surface area contributed by atoms with Crippen molar-refractivity contribution in [3.8, 4) is 5.75 Å². The summed E-state index contributed by atoms with van der Waals surface area (Å²) in [5.74, 6) is 0.0929. The van der Waals surface area contributed by atoms with Crippen molar-refractivity contribution in [2.45, 2.75) is 13.5 Å². The van der Waals surface area contributed by atoms with E-state index in [1.54, 1.807) is 18.2 Å². The molecule has 2 rings (SSSR count). The molecule has 0 spiro atoms. The van der Waals surface area contributed by atoms with Gasteiger partial charge in [-0.3, -0.25) is 4.79 Å². The molecule has 0 radical (unpaired) electrons. The van der Waals surface area contributed by atoms with Crippen molar-refractivity contribution in [2.75, 3.05) is 0 Å². The first-order valence-corrected chi connectivity index (χ1v) is 4.42. The Morgan fingerprint density at radius 3 is 2.93 bits per heavy atom. The topological polar surface area (TPSA) is 55.1 Å². The third-order valence-corrected chi connectivity index (χ3v) is 2.17. The second kappa shape index (κ2) is 3.14. The zero-order valence-corrected chi connectivity index (χ0v) is 7.77. The van der Waals surface area contributed by atoms with Crippen LogP contribution in [0, 0.1) is 0 Å². The smallest absolute Gasteiger partial charge is 0.274 e. The average molecular weight is 190 g/mol. The molecule has 0 amide bonds. The average Bonchev–Trinajstić information content (AvgIpc) is 2.20. The predicted octanol–water partition coefficient (Wildman–Crippen LogP) is 1.12. The predicted molar refractivity (Wildman–Crippen MR) is 53.3 cm³/mol. The SMILES string of the molecule is CCn1ncc2c(O)cccc2c1=O. The van der Waals surface area contributed by atoms with Gasteiger partial charge in [-0.1, -0.05) is 6.07 Å². The van der Waals surface area contributed by atoms with Crippen LogP contribution in [0.5, 0.6) is 5.75 Å². The number of hydrogen-bond donors (Lipinski definition) is 1. The lowest BCUT2D eigenvalue weighted by Crippen LogP contribution is -2.21. The van der Waals surface area contributed by atoms with Gasteiger partial charge in [0, 0.05) is 11.9 Å². The van der Waals surface area contributed by atoms with E-state index in [2.05, 4.69) is 5.10 Å². The second-order valence-corrected chi connectivity index (χ2v) is 3.00. The zero-order valence-electron chi connectivity index (χ0n) is 7.77. The van der Waals surface area contributed by atoms with Gasteiger partial charge in [0.15, 0.2) is 0 Å². The molecule has 0 saturated heterocycles. The summed E-state index contributed by atoms with van der Waals surface area (Å²) >= 11 is 0. The molecule has 0 unspecified atom stereocenters. The van der Waals surface area contributed by atoms with Crippen molar-refractivity contribution >= 4 is 10.8 Å². The van der Waals surface area contributed by atoms with Gasteiger partial charge in [-0.15, -0.1) is 0 Å². The summed E-state index contributed by atoms with van der Waals surface area (Å²) < 4.78 is 1.36. The molecule has 14 heavy (non-hydrogen) atoms. The lowest BCUT2D eigenvalue weighted by Gasteiger charge is -2.03. The van der Waals surface area contributed by atoms with Crippen molar-refractivity contribution in [3.63, 3.8) is 0 Å². The van der Waals surface area contributed by atoms with Gasteiger partial charge < -0.3 is 5.11 Å². The highest BCUT2D eigenvalue weighted by Crippen LogP contribution is 2.19. The van der Waals surface area contributed by atoms with Crippen LogP contribution < -0.4 is 5.56 Å². The Labute approximate surface area is 80.4 Å². The Hall–Kier alpha value is -1.84. The Balaban J connectivity index is 2.91. The molecule has 0 aliphatic rings. The number of phenols is 1. The van der Waals surface area contributed by atoms with Crippen LogP contribution in [0.4, 0.5) is 0 Å². The molecule has 0 saturated carbocycles. The Kier molecular flexibility index (Phi) is 1.96. The summed E-state index contributed by atoms with van der Waals surface area (Å²) in [6.45, 7) is 2.38. The first-order valence-electron chi connectivity index (χ1n) is 4.42. The van der Waals surface area contributed by atoms with Crippen LogP contribution in [0.3, 0.4) is 0 Å². The normalized spacial score (nSPS) is 10.6. The number of nitrogens with zero attached hydrogens (tertiary/aromatic N) is 2. The quantitative estimate of drug-likeness (QED) is 0.733. The van der Waals surface area contributed by atoms with Gasteiger partial charge in [0.05, 0.1) is 11.6 Å². The second-order valence-electron chi connectivity index (χ2n) is 3.00. The van der Waals surface area contributed by atoms with Gasteiger partial charge in [0.25, 0.3) is 5.56 Å². The minimum absolute atomic E-state index is 0.0929. The summed E-state index contributed by atoms with van der Waals surface area (Å²) in [6.07, 6.45) is 1.51. The van der Waals surface area contributed by atoms with E-state index in [1.807, 2.05) is 6.92 Å². The van der Waals surface area contributed by atoms with Crippen LogP contribution in [-0.2, 0) is 6.54 Å². The van der Waals surface area contributed by atoms with Gasteiger partial charge in [-0.25, -0.2) is 4.68 Å². The molecule has 1 aromatic heterocycles. The maximum Gasteiger partial charge on any atom is 0.274 e. The molecule has 72 valence electrons. The fourth-order valence-corrected chi connectivity index (χ4v) is 1.42. The minimum Gasteiger partial charge on any atom is -0.507 e. The lowest BCUT2D eigenvalue weighted by atomic mass is 10.2. The van der Waals surface area contributed by atoms with E-state index in [-0.39, 0.29) is 11.3 Å². The van der Waals surface area contributed by atoms with Crippen molar-refractivity contribution in [3.05, 3.63) is 34.7 Å². The Morgan fingerprint density at radius 1 is 1.43 bits per heavy atom. The van der Waals surface area contributed by atoms with Crippen LogP contribution in [0.1, 0.15) is 6.92 Å². The van der Waals surface area contributed by atoms with E-state index in [0.717, 1.165) is 0 Å². The number of aryl methyl sites for hydroxylation is 1. The van der Waals surface area contributed by atoms with E-state index >= 15 is 0 Å². The lowest BCUT2D eigenvalue weighted by molar-refractivity contribution is 0.481. The molecule has 0 aliphatic carbocycles. The number of hydrogen-bond acceptors (Lipinski definition) is 3. The van der Waals surface area contributed by atoms with Crippen molar-refractivity contribution in [2.24, 2.45) is 0 Å². The van der Waals surface area contributed by atoms with Gasteiger partial charge in [-0.2, -0.15) is 5.10 Å². The van der Waals surface area contributed by atoms with E-state index < -0.39 is 0 Å². The van der Waals surface area contributed by atoms with Crippen molar-refractivity contribution in [1.82, 2.24) is 9.78 Å². The molecular weight excluding hydrogens is 180 g/mol. The standard InChI is InChI=1S/C10H10N2O2/c1-2-12-10(14)7-4-3-5-9(13)8(7)6-11-12/h3-6,13H,2H2,1H3. The molecular formula is C10H10N2O2. The molecule has 0 bridgehead atoms. The highest BCUT2D eigenvalue weighted by atomic mass is 16.3. The highest BCUT2D eigenvalue weighted by molar-refractivity contribution is 5.86. The molecule has 0 atom stereocenters. The molecule has 1 aromatic carbocycles. The molecule has 2 aromatic rings. The highest BCUT2D eigenvalue weighted by Gasteiger charge is 2.04.